The molecule has 0 spiro atoms. The Morgan fingerprint density at radius 3 is 2.41 bits per heavy atom. The van der Waals surface area contributed by atoms with Crippen LogP contribution in [0.5, 0.6) is 0 Å². The second-order valence-corrected chi connectivity index (χ2v) is 7.19. The molecule has 2 heterocycles. The molecule has 144 valence electrons. The summed E-state index contributed by atoms with van der Waals surface area (Å²) in [5.74, 6) is -0.777. The van der Waals surface area contributed by atoms with Crippen LogP contribution in [0.25, 0.3) is 10.9 Å². The number of hydrogen-bond acceptors (Lipinski definition) is 3. The van der Waals surface area contributed by atoms with Crippen molar-refractivity contribution in [3.8, 4) is 0 Å². The lowest BCUT2D eigenvalue weighted by Crippen LogP contribution is -2.52. The van der Waals surface area contributed by atoms with E-state index in [1.54, 1.807) is 9.80 Å². The van der Waals surface area contributed by atoms with Crippen LogP contribution in [0.2, 0.25) is 0 Å². The number of ketones is 1. The maximum Gasteiger partial charge on any atom is 0.290 e. The number of benzene rings is 1. The first-order valence-electron chi connectivity index (χ1n) is 9.71. The summed E-state index contributed by atoms with van der Waals surface area (Å²) in [7, 11) is 0. The van der Waals surface area contributed by atoms with Gasteiger partial charge >= 0.3 is 0 Å². The molecular formula is C21H27N3O3. The van der Waals surface area contributed by atoms with E-state index < -0.39 is 5.91 Å². The number of piperazine rings is 1. The van der Waals surface area contributed by atoms with Crippen molar-refractivity contribution in [2.45, 2.75) is 39.5 Å². The van der Waals surface area contributed by atoms with Gasteiger partial charge in [0.1, 0.15) is 5.69 Å². The summed E-state index contributed by atoms with van der Waals surface area (Å²) in [5, 5.41) is 1.02. The number of H-pyrrole nitrogens is 1. The number of carbonyl (C=O) groups is 3. The molecule has 0 bridgehead atoms. The lowest BCUT2D eigenvalue weighted by atomic mass is 10.1. The fourth-order valence-electron chi connectivity index (χ4n) is 3.52. The average molecular weight is 369 g/mol. The second-order valence-electron chi connectivity index (χ2n) is 7.19. The number of amides is 2. The summed E-state index contributed by atoms with van der Waals surface area (Å²) in [6.45, 7) is 5.78. The van der Waals surface area contributed by atoms with E-state index in [0.29, 0.717) is 38.3 Å². The SMILES string of the molecule is CCCCCC(=O)C(=O)N1CCN(C(=O)c2cc3cccc(C)c3[nH]2)CC1. The van der Waals surface area contributed by atoms with Gasteiger partial charge in [0.25, 0.3) is 11.8 Å². The van der Waals surface area contributed by atoms with E-state index in [0.717, 1.165) is 35.7 Å². The highest BCUT2D eigenvalue weighted by Crippen LogP contribution is 2.20. The van der Waals surface area contributed by atoms with Gasteiger partial charge in [-0.25, -0.2) is 0 Å². The van der Waals surface area contributed by atoms with Crippen LogP contribution >= 0.6 is 0 Å². The maximum atomic E-state index is 12.8. The molecule has 3 rings (SSSR count). The molecule has 0 unspecified atom stereocenters. The van der Waals surface area contributed by atoms with Crippen molar-refractivity contribution in [3.63, 3.8) is 0 Å². The third-order valence-electron chi connectivity index (χ3n) is 5.19. The van der Waals surface area contributed by atoms with Gasteiger partial charge in [-0.3, -0.25) is 14.4 Å². The van der Waals surface area contributed by atoms with Crippen LogP contribution < -0.4 is 0 Å². The summed E-state index contributed by atoms with van der Waals surface area (Å²) in [6.07, 6.45) is 3.07. The molecule has 1 saturated heterocycles. The fourth-order valence-corrected chi connectivity index (χ4v) is 3.52. The summed E-state index contributed by atoms with van der Waals surface area (Å²) in [4.78, 5) is 43.6. The summed E-state index contributed by atoms with van der Waals surface area (Å²) in [5.41, 5.74) is 2.64. The zero-order valence-corrected chi connectivity index (χ0v) is 16.1. The molecule has 0 radical (unpaired) electrons. The number of unbranched alkanes of at least 4 members (excludes halogenated alkanes) is 2. The minimum absolute atomic E-state index is 0.0630. The van der Waals surface area contributed by atoms with Crippen LogP contribution in [0.3, 0.4) is 0 Å². The number of hydrogen-bond donors (Lipinski definition) is 1. The number of nitrogens with one attached hydrogen (secondary N) is 1. The van der Waals surface area contributed by atoms with Crippen molar-refractivity contribution < 1.29 is 14.4 Å². The van der Waals surface area contributed by atoms with E-state index in [9.17, 15) is 14.4 Å². The number of aromatic nitrogens is 1. The summed E-state index contributed by atoms with van der Waals surface area (Å²) in [6, 6.07) is 7.84. The number of para-hydroxylation sites is 1. The lowest BCUT2D eigenvalue weighted by Gasteiger charge is -2.34. The molecule has 6 heteroatoms. The van der Waals surface area contributed by atoms with Crippen molar-refractivity contribution in [1.82, 2.24) is 14.8 Å². The van der Waals surface area contributed by atoms with Crippen molar-refractivity contribution in [2.24, 2.45) is 0 Å². The Kier molecular flexibility index (Phi) is 5.94. The fraction of sp³-hybridized carbons (Fsp3) is 0.476. The molecule has 27 heavy (non-hydrogen) atoms. The predicted molar refractivity (Wildman–Crippen MR) is 105 cm³/mol. The highest BCUT2D eigenvalue weighted by Gasteiger charge is 2.28. The van der Waals surface area contributed by atoms with Gasteiger partial charge in [0.15, 0.2) is 0 Å². The molecule has 1 aromatic heterocycles. The molecule has 1 fully saturated rings. The number of aryl methyl sites for hydroxylation is 1. The van der Waals surface area contributed by atoms with Gasteiger partial charge in [-0.05, 0) is 25.0 Å². The molecule has 0 saturated carbocycles. The summed E-state index contributed by atoms with van der Waals surface area (Å²) >= 11 is 0. The van der Waals surface area contributed by atoms with E-state index in [-0.39, 0.29) is 11.7 Å². The highest BCUT2D eigenvalue weighted by molar-refractivity contribution is 6.36. The Balaban J connectivity index is 1.58. The Hall–Kier alpha value is -2.63. The molecule has 1 aliphatic heterocycles. The number of rotatable bonds is 6. The van der Waals surface area contributed by atoms with Gasteiger partial charge in [-0.15, -0.1) is 0 Å². The van der Waals surface area contributed by atoms with Gasteiger partial charge < -0.3 is 14.8 Å². The first-order chi connectivity index (χ1) is 13.0. The standard InChI is InChI=1S/C21H27N3O3/c1-3-4-5-9-18(25)21(27)24-12-10-23(11-13-24)20(26)17-14-16-8-6-7-15(2)19(16)22-17/h6-8,14,22H,3-5,9-13H2,1-2H3. The quantitative estimate of drug-likeness (QED) is 0.628. The average Bonchev–Trinajstić information content (AvgIpc) is 3.13. The molecule has 0 atom stereocenters. The topological polar surface area (TPSA) is 73.5 Å². The van der Waals surface area contributed by atoms with Crippen LogP contribution in [0.4, 0.5) is 0 Å². The molecule has 1 aliphatic rings. The minimum Gasteiger partial charge on any atom is -0.350 e. The smallest absolute Gasteiger partial charge is 0.290 e. The molecular weight excluding hydrogens is 342 g/mol. The normalized spacial score (nSPS) is 14.6. The van der Waals surface area contributed by atoms with E-state index in [1.807, 2.05) is 31.2 Å². The van der Waals surface area contributed by atoms with E-state index in [2.05, 4.69) is 11.9 Å². The van der Waals surface area contributed by atoms with Crippen molar-refractivity contribution in [1.29, 1.82) is 0 Å². The zero-order valence-electron chi connectivity index (χ0n) is 16.1. The zero-order chi connectivity index (χ0) is 19.4. The molecule has 1 aromatic carbocycles. The van der Waals surface area contributed by atoms with Gasteiger partial charge in [0.05, 0.1) is 0 Å². The number of Topliss-reactive ketones (excluding diaryl/α,β-unsaturated/α-hetero) is 1. The third-order valence-corrected chi connectivity index (χ3v) is 5.19. The second kappa shape index (κ2) is 8.37. The Morgan fingerprint density at radius 1 is 1.04 bits per heavy atom. The maximum absolute atomic E-state index is 12.8. The number of carbonyl (C=O) groups excluding carboxylic acids is 3. The van der Waals surface area contributed by atoms with Crippen molar-refractivity contribution in [2.75, 3.05) is 26.2 Å². The highest BCUT2D eigenvalue weighted by atomic mass is 16.2. The van der Waals surface area contributed by atoms with Gasteiger partial charge in [0.2, 0.25) is 5.78 Å². The van der Waals surface area contributed by atoms with Crippen LogP contribution in [0, 0.1) is 6.92 Å². The predicted octanol–water partition coefficient (Wildman–Crippen LogP) is 2.91. The molecule has 2 aromatic rings. The van der Waals surface area contributed by atoms with E-state index in [4.69, 9.17) is 0 Å². The first-order valence-corrected chi connectivity index (χ1v) is 9.71. The van der Waals surface area contributed by atoms with Gasteiger partial charge in [-0.2, -0.15) is 0 Å². The molecule has 6 nitrogen and oxygen atoms in total. The number of nitrogens with zero attached hydrogens (tertiary/aromatic N) is 2. The third kappa shape index (κ3) is 4.21. The Bertz CT molecular complexity index is 847. The lowest BCUT2D eigenvalue weighted by molar-refractivity contribution is -0.145. The van der Waals surface area contributed by atoms with E-state index >= 15 is 0 Å². The van der Waals surface area contributed by atoms with Crippen LogP contribution in [-0.4, -0.2) is 58.6 Å². The number of fused-ring (bicyclic) bond motifs is 1. The van der Waals surface area contributed by atoms with Crippen molar-refractivity contribution >= 4 is 28.5 Å². The van der Waals surface area contributed by atoms with Crippen molar-refractivity contribution in [3.05, 3.63) is 35.5 Å². The first kappa shape index (κ1) is 19.1. The van der Waals surface area contributed by atoms with Gasteiger partial charge in [-0.1, -0.05) is 38.0 Å². The van der Waals surface area contributed by atoms with E-state index in [1.165, 1.54) is 0 Å². The van der Waals surface area contributed by atoms with Crippen LogP contribution in [0.1, 0.15) is 48.7 Å². The molecule has 2 amide bonds. The van der Waals surface area contributed by atoms with Crippen LogP contribution in [-0.2, 0) is 9.59 Å². The van der Waals surface area contributed by atoms with Crippen LogP contribution in [0.15, 0.2) is 24.3 Å². The largest absolute Gasteiger partial charge is 0.350 e. The molecule has 0 aliphatic carbocycles. The number of aromatic amines is 1. The monoisotopic (exact) mass is 369 g/mol. The Morgan fingerprint density at radius 2 is 1.74 bits per heavy atom. The molecule has 1 N–H and O–H groups in total. The summed E-state index contributed by atoms with van der Waals surface area (Å²) < 4.78 is 0. The Labute approximate surface area is 159 Å². The minimum atomic E-state index is -0.403. The van der Waals surface area contributed by atoms with Gasteiger partial charge in [0, 0.05) is 43.5 Å².